The molecule has 1 aliphatic heterocycles. The van der Waals surface area contributed by atoms with E-state index in [1.165, 1.54) is 0 Å². The van der Waals surface area contributed by atoms with E-state index < -0.39 is 11.6 Å². The van der Waals surface area contributed by atoms with Gasteiger partial charge in [-0.15, -0.1) is 0 Å². The molecular formula is C26H30N4O3. The number of hydrogen-bond acceptors (Lipinski definition) is 6. The van der Waals surface area contributed by atoms with E-state index in [1.807, 2.05) is 81.1 Å². The van der Waals surface area contributed by atoms with Crippen molar-refractivity contribution >= 4 is 34.2 Å². The van der Waals surface area contributed by atoms with Gasteiger partial charge in [0.1, 0.15) is 11.6 Å². The monoisotopic (exact) mass is 446 g/mol. The molecule has 0 saturated carbocycles. The zero-order valence-electron chi connectivity index (χ0n) is 19.5. The third-order valence-corrected chi connectivity index (χ3v) is 5.57. The van der Waals surface area contributed by atoms with Gasteiger partial charge in [-0.05, 0) is 69.7 Å². The number of carbonyl (C=O) groups is 2. The summed E-state index contributed by atoms with van der Waals surface area (Å²) in [7, 11) is 0. The summed E-state index contributed by atoms with van der Waals surface area (Å²) in [6.45, 7) is 9.49. The zero-order chi connectivity index (χ0) is 23.6. The molecule has 33 heavy (non-hydrogen) atoms. The Hall–Kier alpha value is -3.45. The summed E-state index contributed by atoms with van der Waals surface area (Å²) >= 11 is 0. The molecule has 1 amide bonds. The summed E-state index contributed by atoms with van der Waals surface area (Å²) in [5.74, 6) is -0.433. The van der Waals surface area contributed by atoms with Crippen LogP contribution in [0.25, 0.3) is 10.9 Å². The zero-order valence-corrected chi connectivity index (χ0v) is 19.5. The second-order valence-corrected chi connectivity index (χ2v) is 9.31. The second kappa shape index (κ2) is 9.19. The molecule has 0 bridgehead atoms. The molecule has 1 unspecified atom stereocenters. The van der Waals surface area contributed by atoms with E-state index in [-0.39, 0.29) is 11.9 Å². The number of nitrogens with zero attached hydrogens (tertiary/aromatic N) is 2. The second-order valence-electron chi connectivity index (χ2n) is 9.31. The van der Waals surface area contributed by atoms with Gasteiger partial charge >= 0.3 is 5.97 Å². The summed E-state index contributed by atoms with van der Waals surface area (Å²) in [4.78, 5) is 32.1. The van der Waals surface area contributed by atoms with Gasteiger partial charge in [-0.25, -0.2) is 4.79 Å². The molecule has 1 atom stereocenters. The fraction of sp³-hybridized carbons (Fsp3) is 0.346. The Balaban J connectivity index is 1.52. The van der Waals surface area contributed by atoms with E-state index in [0.717, 1.165) is 28.7 Å². The fourth-order valence-corrected chi connectivity index (χ4v) is 4.02. The molecule has 172 valence electrons. The van der Waals surface area contributed by atoms with E-state index in [0.29, 0.717) is 24.3 Å². The normalized spacial score (nSPS) is 16.5. The molecule has 3 aromatic rings. The number of piperazine rings is 1. The molecule has 0 spiro atoms. The number of esters is 1. The summed E-state index contributed by atoms with van der Waals surface area (Å²) in [5, 5.41) is 7.26. The Morgan fingerprint density at radius 2 is 1.97 bits per heavy atom. The van der Waals surface area contributed by atoms with Crippen LogP contribution in [-0.4, -0.2) is 48.1 Å². The molecule has 1 fully saturated rings. The number of nitrogens with one attached hydrogen (secondary N) is 2. The van der Waals surface area contributed by atoms with Gasteiger partial charge in [0.2, 0.25) is 0 Å². The number of ether oxygens (including phenoxy) is 1. The highest BCUT2D eigenvalue weighted by Crippen LogP contribution is 2.25. The van der Waals surface area contributed by atoms with Crippen molar-refractivity contribution in [2.24, 2.45) is 0 Å². The number of anilines is 2. The van der Waals surface area contributed by atoms with Crippen LogP contribution >= 0.6 is 0 Å². The lowest BCUT2D eigenvalue weighted by Crippen LogP contribution is -2.56. The smallest absolute Gasteiger partial charge is 0.330 e. The van der Waals surface area contributed by atoms with Crippen molar-refractivity contribution in [3.05, 3.63) is 65.9 Å². The number of amides is 1. The van der Waals surface area contributed by atoms with E-state index in [2.05, 4.69) is 15.6 Å². The summed E-state index contributed by atoms with van der Waals surface area (Å²) in [6, 6.07) is 14.8. The van der Waals surface area contributed by atoms with Crippen LogP contribution in [0.4, 0.5) is 11.4 Å². The Labute approximate surface area is 194 Å². The predicted octanol–water partition coefficient (Wildman–Crippen LogP) is 3.92. The van der Waals surface area contributed by atoms with E-state index in [4.69, 9.17) is 4.74 Å². The van der Waals surface area contributed by atoms with Crippen LogP contribution in [0.1, 0.15) is 36.7 Å². The highest BCUT2D eigenvalue weighted by Gasteiger charge is 2.32. The van der Waals surface area contributed by atoms with Crippen molar-refractivity contribution in [1.29, 1.82) is 0 Å². The van der Waals surface area contributed by atoms with Crippen LogP contribution in [0.15, 0.2) is 54.7 Å². The van der Waals surface area contributed by atoms with Crippen molar-refractivity contribution in [3.63, 3.8) is 0 Å². The van der Waals surface area contributed by atoms with Gasteiger partial charge in [0.15, 0.2) is 0 Å². The highest BCUT2D eigenvalue weighted by atomic mass is 16.6. The molecular weight excluding hydrogens is 416 g/mol. The lowest BCUT2D eigenvalue weighted by Gasteiger charge is -2.38. The van der Waals surface area contributed by atoms with Crippen molar-refractivity contribution in [2.75, 3.05) is 29.9 Å². The molecule has 1 aromatic heterocycles. The van der Waals surface area contributed by atoms with Gasteiger partial charge < -0.3 is 20.3 Å². The maximum atomic E-state index is 13.0. The van der Waals surface area contributed by atoms with Crippen LogP contribution in [0, 0.1) is 6.92 Å². The first-order valence-corrected chi connectivity index (χ1v) is 11.2. The fourth-order valence-electron chi connectivity index (χ4n) is 4.02. The number of hydrogen-bond donors (Lipinski definition) is 2. The minimum atomic E-state index is -0.545. The lowest BCUT2D eigenvalue weighted by molar-refractivity contribution is -0.156. The van der Waals surface area contributed by atoms with Crippen LogP contribution in [-0.2, 0) is 9.53 Å². The average Bonchev–Trinajstić information content (AvgIpc) is 2.77. The van der Waals surface area contributed by atoms with E-state index >= 15 is 0 Å². The first-order valence-electron chi connectivity index (χ1n) is 11.2. The summed E-state index contributed by atoms with van der Waals surface area (Å²) in [5.41, 5.74) is 3.30. The Kier molecular flexibility index (Phi) is 6.33. The van der Waals surface area contributed by atoms with Crippen molar-refractivity contribution in [1.82, 2.24) is 10.3 Å². The molecule has 7 heteroatoms. The molecule has 2 aromatic carbocycles. The first-order chi connectivity index (χ1) is 15.7. The van der Waals surface area contributed by atoms with Gasteiger partial charge in [0.05, 0.1) is 5.52 Å². The van der Waals surface area contributed by atoms with Gasteiger partial charge in [0.25, 0.3) is 5.91 Å². The summed E-state index contributed by atoms with van der Waals surface area (Å²) < 4.78 is 5.63. The Bertz CT molecular complexity index is 1190. The number of rotatable bonds is 4. The first kappa shape index (κ1) is 22.7. The number of fused-ring (bicyclic) bond motifs is 1. The van der Waals surface area contributed by atoms with Crippen LogP contribution in [0.3, 0.4) is 0 Å². The molecule has 2 N–H and O–H groups in total. The molecule has 0 radical (unpaired) electrons. The van der Waals surface area contributed by atoms with Gasteiger partial charge in [-0.2, -0.15) is 0 Å². The predicted molar refractivity (Wildman–Crippen MR) is 131 cm³/mol. The Morgan fingerprint density at radius 3 is 2.73 bits per heavy atom. The molecule has 7 nitrogen and oxygen atoms in total. The van der Waals surface area contributed by atoms with Crippen molar-refractivity contribution in [2.45, 2.75) is 39.3 Å². The SMILES string of the molecule is Cc1cc(N2CCNCC2C(=O)OC(C)(C)C)ccc1C(=O)Nc1ccc2cccnc2c1. The van der Waals surface area contributed by atoms with Crippen LogP contribution in [0.2, 0.25) is 0 Å². The molecule has 1 saturated heterocycles. The van der Waals surface area contributed by atoms with E-state index in [1.54, 1.807) is 6.20 Å². The van der Waals surface area contributed by atoms with E-state index in [9.17, 15) is 9.59 Å². The lowest BCUT2D eigenvalue weighted by atomic mass is 10.0. The molecule has 1 aliphatic rings. The largest absolute Gasteiger partial charge is 0.458 e. The van der Waals surface area contributed by atoms with Crippen molar-refractivity contribution in [3.8, 4) is 0 Å². The van der Waals surface area contributed by atoms with Crippen LogP contribution in [0.5, 0.6) is 0 Å². The van der Waals surface area contributed by atoms with Gasteiger partial charge in [0, 0.05) is 48.2 Å². The maximum Gasteiger partial charge on any atom is 0.330 e. The molecule has 2 heterocycles. The number of carbonyl (C=O) groups excluding carboxylic acids is 2. The minimum absolute atomic E-state index is 0.182. The maximum absolute atomic E-state index is 13.0. The number of pyridine rings is 1. The number of aryl methyl sites for hydroxylation is 1. The molecule has 4 rings (SSSR count). The third-order valence-electron chi connectivity index (χ3n) is 5.57. The van der Waals surface area contributed by atoms with Crippen molar-refractivity contribution < 1.29 is 14.3 Å². The minimum Gasteiger partial charge on any atom is -0.458 e. The number of aromatic nitrogens is 1. The quantitative estimate of drug-likeness (QED) is 0.591. The topological polar surface area (TPSA) is 83.6 Å². The highest BCUT2D eigenvalue weighted by molar-refractivity contribution is 6.06. The third kappa shape index (κ3) is 5.31. The standard InChI is InChI=1S/C26H30N4O3/c1-17-14-20(30-13-12-27-16-23(30)25(32)33-26(2,3)4)9-10-21(17)24(31)29-19-8-7-18-6-5-11-28-22(18)15-19/h5-11,14-15,23,27H,12-13,16H2,1-4H3,(H,29,31). The Morgan fingerprint density at radius 1 is 1.15 bits per heavy atom. The summed E-state index contributed by atoms with van der Waals surface area (Å²) in [6.07, 6.45) is 1.73. The van der Waals surface area contributed by atoms with Gasteiger partial charge in [-0.3, -0.25) is 9.78 Å². The average molecular weight is 447 g/mol. The van der Waals surface area contributed by atoms with Gasteiger partial charge in [-0.1, -0.05) is 12.1 Å². The number of benzene rings is 2. The molecule has 0 aliphatic carbocycles. The van der Waals surface area contributed by atoms with Crippen LogP contribution < -0.4 is 15.5 Å².